The van der Waals surface area contributed by atoms with E-state index in [1.165, 1.54) is 5.56 Å². The van der Waals surface area contributed by atoms with Crippen molar-refractivity contribution < 1.29 is 14.3 Å². The smallest absolute Gasteiger partial charge is 0.150 e. The van der Waals surface area contributed by atoms with Crippen LogP contribution in [0.15, 0.2) is 42.5 Å². The summed E-state index contributed by atoms with van der Waals surface area (Å²) in [5, 5.41) is 0. The Balaban J connectivity index is 2.27. The summed E-state index contributed by atoms with van der Waals surface area (Å²) in [4.78, 5) is 10.9. The number of hydrogen-bond donors (Lipinski definition) is 0. The van der Waals surface area contributed by atoms with E-state index >= 15 is 0 Å². The first kappa shape index (κ1) is 14.1. The van der Waals surface area contributed by atoms with E-state index in [1.807, 2.05) is 18.2 Å². The van der Waals surface area contributed by atoms with Crippen LogP contribution in [0.1, 0.15) is 21.5 Å². The molecule has 0 heterocycles. The number of aryl methyl sites for hydroxylation is 1. The molecule has 0 saturated heterocycles. The van der Waals surface area contributed by atoms with Crippen molar-refractivity contribution in [3.63, 3.8) is 0 Å². The molecule has 2 aromatic carbocycles. The molecule has 0 radical (unpaired) electrons. The van der Waals surface area contributed by atoms with Crippen LogP contribution in [0.4, 0.5) is 0 Å². The summed E-state index contributed by atoms with van der Waals surface area (Å²) in [6.45, 7) is 0. The highest BCUT2D eigenvalue weighted by atomic mass is 16.5. The van der Waals surface area contributed by atoms with Gasteiger partial charge in [-0.1, -0.05) is 30.3 Å². The number of ether oxygens (including phenoxy) is 2. The van der Waals surface area contributed by atoms with Crippen LogP contribution in [0, 0.1) is 0 Å². The van der Waals surface area contributed by atoms with Crippen molar-refractivity contribution in [1.29, 1.82) is 0 Å². The lowest BCUT2D eigenvalue weighted by Crippen LogP contribution is -2.01. The zero-order valence-corrected chi connectivity index (χ0v) is 11.8. The standard InChI is InChI=1S/C17H18O3/c1-19-16-10-14(12-18)11-17(20-2)15(16)9-8-13-6-4-3-5-7-13/h3-7,10-12H,8-9H2,1-2H3. The summed E-state index contributed by atoms with van der Waals surface area (Å²) in [6, 6.07) is 13.7. The Bertz CT molecular complexity index is 551. The van der Waals surface area contributed by atoms with Crippen LogP contribution in [0.5, 0.6) is 11.5 Å². The van der Waals surface area contributed by atoms with Gasteiger partial charge >= 0.3 is 0 Å². The fraction of sp³-hybridized carbons (Fsp3) is 0.235. The molecule has 0 aliphatic rings. The van der Waals surface area contributed by atoms with Gasteiger partial charge in [-0.3, -0.25) is 4.79 Å². The van der Waals surface area contributed by atoms with Crippen molar-refractivity contribution >= 4 is 6.29 Å². The van der Waals surface area contributed by atoms with E-state index in [1.54, 1.807) is 26.4 Å². The monoisotopic (exact) mass is 270 g/mol. The van der Waals surface area contributed by atoms with Crippen LogP contribution in [0.2, 0.25) is 0 Å². The molecule has 0 aromatic heterocycles. The number of aldehydes is 1. The fourth-order valence-electron chi connectivity index (χ4n) is 2.23. The summed E-state index contributed by atoms with van der Waals surface area (Å²) in [7, 11) is 3.21. The molecule has 0 fully saturated rings. The lowest BCUT2D eigenvalue weighted by atomic mass is 10.0. The third-order valence-electron chi connectivity index (χ3n) is 3.27. The van der Waals surface area contributed by atoms with Crippen LogP contribution in [-0.4, -0.2) is 20.5 Å². The zero-order valence-electron chi connectivity index (χ0n) is 11.8. The summed E-state index contributed by atoms with van der Waals surface area (Å²) >= 11 is 0. The predicted molar refractivity (Wildman–Crippen MR) is 78.8 cm³/mol. The highest BCUT2D eigenvalue weighted by molar-refractivity contribution is 5.77. The maximum atomic E-state index is 10.9. The van der Waals surface area contributed by atoms with Crippen molar-refractivity contribution in [1.82, 2.24) is 0 Å². The number of carbonyl (C=O) groups is 1. The second-order valence-corrected chi connectivity index (χ2v) is 4.51. The molecule has 3 heteroatoms. The Hall–Kier alpha value is -2.29. The third-order valence-corrected chi connectivity index (χ3v) is 3.27. The summed E-state index contributed by atoms with van der Waals surface area (Å²) in [5.41, 5.74) is 2.81. The highest BCUT2D eigenvalue weighted by Crippen LogP contribution is 2.31. The van der Waals surface area contributed by atoms with Gasteiger partial charge in [-0.25, -0.2) is 0 Å². The Morgan fingerprint density at radius 1 is 0.950 bits per heavy atom. The van der Waals surface area contributed by atoms with E-state index in [4.69, 9.17) is 9.47 Å². The number of methoxy groups -OCH3 is 2. The molecule has 0 unspecified atom stereocenters. The van der Waals surface area contributed by atoms with E-state index in [0.29, 0.717) is 17.1 Å². The van der Waals surface area contributed by atoms with Crippen LogP contribution in [0.3, 0.4) is 0 Å². The molecule has 3 nitrogen and oxygen atoms in total. The van der Waals surface area contributed by atoms with Crippen molar-refractivity contribution in [2.75, 3.05) is 14.2 Å². The molecule has 104 valence electrons. The average Bonchev–Trinajstić information content (AvgIpc) is 2.52. The summed E-state index contributed by atoms with van der Waals surface area (Å²) in [5.74, 6) is 1.39. The Morgan fingerprint density at radius 2 is 1.55 bits per heavy atom. The van der Waals surface area contributed by atoms with E-state index < -0.39 is 0 Å². The highest BCUT2D eigenvalue weighted by Gasteiger charge is 2.12. The molecule has 0 N–H and O–H groups in total. The van der Waals surface area contributed by atoms with E-state index in [2.05, 4.69) is 12.1 Å². The minimum Gasteiger partial charge on any atom is -0.496 e. The minimum atomic E-state index is 0.558. The first-order valence-corrected chi connectivity index (χ1v) is 6.52. The van der Waals surface area contributed by atoms with E-state index in [-0.39, 0.29) is 0 Å². The van der Waals surface area contributed by atoms with Gasteiger partial charge in [-0.05, 0) is 30.5 Å². The molecule has 0 spiro atoms. The first-order chi connectivity index (χ1) is 9.78. The minimum absolute atomic E-state index is 0.558. The third kappa shape index (κ3) is 3.18. The van der Waals surface area contributed by atoms with Gasteiger partial charge in [0.2, 0.25) is 0 Å². The van der Waals surface area contributed by atoms with Crippen LogP contribution < -0.4 is 9.47 Å². The van der Waals surface area contributed by atoms with Crippen molar-refractivity contribution in [3.05, 3.63) is 59.2 Å². The van der Waals surface area contributed by atoms with Gasteiger partial charge in [0.25, 0.3) is 0 Å². The largest absolute Gasteiger partial charge is 0.496 e. The van der Waals surface area contributed by atoms with Gasteiger partial charge < -0.3 is 9.47 Å². The van der Waals surface area contributed by atoms with Crippen molar-refractivity contribution in [3.8, 4) is 11.5 Å². The molecule has 0 aliphatic heterocycles. The number of rotatable bonds is 6. The second kappa shape index (κ2) is 6.75. The molecule has 0 aliphatic carbocycles. The van der Waals surface area contributed by atoms with Crippen molar-refractivity contribution in [2.45, 2.75) is 12.8 Å². The molecule has 0 amide bonds. The average molecular weight is 270 g/mol. The van der Waals surface area contributed by atoms with Crippen LogP contribution in [0.25, 0.3) is 0 Å². The van der Waals surface area contributed by atoms with Gasteiger partial charge in [0, 0.05) is 11.1 Å². The van der Waals surface area contributed by atoms with Gasteiger partial charge in [0.05, 0.1) is 14.2 Å². The van der Waals surface area contributed by atoms with Gasteiger partial charge in [0.1, 0.15) is 17.8 Å². The summed E-state index contributed by atoms with van der Waals surface area (Å²) in [6.07, 6.45) is 2.50. The zero-order chi connectivity index (χ0) is 14.4. The molecule has 0 bridgehead atoms. The SMILES string of the molecule is COc1cc(C=O)cc(OC)c1CCc1ccccc1. The topological polar surface area (TPSA) is 35.5 Å². The first-order valence-electron chi connectivity index (χ1n) is 6.52. The molecular formula is C17H18O3. The van der Waals surface area contributed by atoms with E-state index in [9.17, 15) is 4.79 Å². The fourth-order valence-corrected chi connectivity index (χ4v) is 2.23. The molecule has 20 heavy (non-hydrogen) atoms. The maximum absolute atomic E-state index is 10.9. The Morgan fingerprint density at radius 3 is 2.05 bits per heavy atom. The molecule has 0 atom stereocenters. The molecule has 2 rings (SSSR count). The second-order valence-electron chi connectivity index (χ2n) is 4.51. The molecule has 2 aromatic rings. The normalized spacial score (nSPS) is 10.1. The van der Waals surface area contributed by atoms with Crippen LogP contribution in [-0.2, 0) is 12.8 Å². The van der Waals surface area contributed by atoms with Crippen molar-refractivity contribution in [2.24, 2.45) is 0 Å². The van der Waals surface area contributed by atoms with Gasteiger partial charge in [-0.2, -0.15) is 0 Å². The molecule has 0 saturated carbocycles. The number of hydrogen-bond acceptors (Lipinski definition) is 3. The predicted octanol–water partition coefficient (Wildman–Crippen LogP) is 3.30. The lowest BCUT2D eigenvalue weighted by Gasteiger charge is -2.14. The lowest BCUT2D eigenvalue weighted by molar-refractivity contribution is 0.112. The Kier molecular flexibility index (Phi) is 4.77. The van der Waals surface area contributed by atoms with Crippen LogP contribution >= 0.6 is 0 Å². The number of carbonyl (C=O) groups excluding carboxylic acids is 1. The van der Waals surface area contributed by atoms with Gasteiger partial charge in [-0.15, -0.1) is 0 Å². The quantitative estimate of drug-likeness (QED) is 0.755. The number of benzene rings is 2. The van der Waals surface area contributed by atoms with Gasteiger partial charge in [0.15, 0.2) is 0 Å². The Labute approximate surface area is 119 Å². The maximum Gasteiger partial charge on any atom is 0.150 e. The summed E-state index contributed by atoms with van der Waals surface area (Å²) < 4.78 is 10.8. The molecular weight excluding hydrogens is 252 g/mol. The van der Waals surface area contributed by atoms with E-state index in [0.717, 1.165) is 24.7 Å².